The number of nitrogens with zero attached hydrogens (tertiary/aromatic N) is 4. The Bertz CT molecular complexity index is 910. The quantitative estimate of drug-likeness (QED) is 0.761. The molecule has 4 heterocycles. The van der Waals surface area contributed by atoms with Gasteiger partial charge in [0.1, 0.15) is 0 Å². The van der Waals surface area contributed by atoms with Crippen molar-refractivity contribution in [2.45, 2.75) is 6.92 Å². The Hall–Kier alpha value is -2.06. The van der Waals surface area contributed by atoms with E-state index in [9.17, 15) is 4.79 Å². The topological polar surface area (TPSA) is 76.5 Å². The van der Waals surface area contributed by atoms with E-state index >= 15 is 0 Å². The van der Waals surface area contributed by atoms with E-state index in [-0.39, 0.29) is 5.91 Å². The number of nitrogens with two attached hydrogens (primary N) is 1. The van der Waals surface area contributed by atoms with Gasteiger partial charge in [0.15, 0.2) is 11.5 Å². The molecule has 1 saturated heterocycles. The number of carbonyl (C=O) groups excluding carboxylic acids is 1. The molecule has 8 heteroatoms. The summed E-state index contributed by atoms with van der Waals surface area (Å²) < 4.78 is 1.62. The number of thioether (sulfide) groups is 1. The molecule has 1 amide bonds. The molecule has 6 nitrogen and oxygen atoms in total. The Labute approximate surface area is 147 Å². The normalized spacial score (nSPS) is 15.1. The number of thiophene rings is 1. The van der Waals surface area contributed by atoms with Gasteiger partial charge in [0.05, 0.1) is 16.1 Å². The molecular weight excluding hydrogens is 342 g/mol. The molecule has 2 N–H and O–H groups in total. The summed E-state index contributed by atoms with van der Waals surface area (Å²) in [6.45, 7) is 3.60. The van der Waals surface area contributed by atoms with E-state index in [0.717, 1.165) is 29.5 Å². The average molecular weight is 359 g/mol. The molecule has 0 spiro atoms. The predicted molar refractivity (Wildman–Crippen MR) is 98.7 cm³/mol. The highest BCUT2D eigenvalue weighted by atomic mass is 32.2. The Morgan fingerprint density at radius 2 is 2.08 bits per heavy atom. The maximum atomic E-state index is 12.7. The van der Waals surface area contributed by atoms with Crippen molar-refractivity contribution in [1.29, 1.82) is 0 Å². The largest absolute Gasteiger partial charge is 0.396 e. The summed E-state index contributed by atoms with van der Waals surface area (Å²) in [5.41, 5.74) is 7.74. The van der Waals surface area contributed by atoms with Crippen molar-refractivity contribution in [2.24, 2.45) is 0 Å². The van der Waals surface area contributed by atoms with Crippen LogP contribution in [0.3, 0.4) is 0 Å². The molecule has 0 bridgehead atoms. The highest BCUT2D eigenvalue weighted by Crippen LogP contribution is 2.27. The first-order valence-corrected chi connectivity index (χ1v) is 9.68. The number of aryl methyl sites for hydroxylation is 1. The Morgan fingerprint density at radius 3 is 2.79 bits per heavy atom. The van der Waals surface area contributed by atoms with E-state index in [0.29, 0.717) is 22.7 Å². The molecule has 0 aliphatic carbocycles. The molecular formula is C16H17N5OS2. The number of hydrogen-bond donors (Lipinski definition) is 1. The van der Waals surface area contributed by atoms with Crippen molar-refractivity contribution in [2.75, 3.05) is 30.3 Å². The molecule has 0 saturated carbocycles. The number of amides is 1. The Balaban J connectivity index is 1.72. The van der Waals surface area contributed by atoms with E-state index in [1.54, 1.807) is 28.1 Å². The molecule has 4 rings (SSSR count). The van der Waals surface area contributed by atoms with Crippen molar-refractivity contribution in [3.8, 4) is 10.7 Å². The third-order valence-corrected chi connectivity index (χ3v) is 5.91. The van der Waals surface area contributed by atoms with Gasteiger partial charge >= 0.3 is 0 Å². The molecule has 0 radical (unpaired) electrons. The van der Waals surface area contributed by atoms with Gasteiger partial charge in [0.2, 0.25) is 0 Å². The van der Waals surface area contributed by atoms with Gasteiger partial charge in [0.25, 0.3) is 5.91 Å². The van der Waals surface area contributed by atoms with E-state index in [1.165, 1.54) is 4.88 Å². The maximum Gasteiger partial charge on any atom is 0.255 e. The molecule has 1 aliphatic rings. The lowest BCUT2D eigenvalue weighted by Crippen LogP contribution is -2.38. The van der Waals surface area contributed by atoms with Crippen LogP contribution in [0.1, 0.15) is 15.2 Å². The number of pyridine rings is 1. The number of aromatic nitrogens is 3. The summed E-state index contributed by atoms with van der Waals surface area (Å²) in [6, 6.07) is 5.75. The number of rotatable bonds is 2. The van der Waals surface area contributed by atoms with Gasteiger partial charge in [-0.15, -0.1) is 16.4 Å². The standard InChI is InChI=1S/C16H17N5OS2/c1-10-2-3-13(24-10)14-18-15-12(17)8-11(9-21(15)19-14)16(22)20-4-6-23-7-5-20/h2-3,8-9H,4-7,17H2,1H3. The van der Waals surface area contributed by atoms with Gasteiger partial charge in [-0.2, -0.15) is 11.8 Å². The first-order chi connectivity index (χ1) is 11.6. The van der Waals surface area contributed by atoms with Crippen LogP contribution < -0.4 is 5.73 Å². The zero-order valence-corrected chi connectivity index (χ0v) is 14.9. The Morgan fingerprint density at radius 1 is 1.29 bits per heavy atom. The van der Waals surface area contributed by atoms with Gasteiger partial charge in [-0.05, 0) is 25.1 Å². The lowest BCUT2D eigenvalue weighted by molar-refractivity contribution is 0.0771. The highest BCUT2D eigenvalue weighted by molar-refractivity contribution is 7.99. The lowest BCUT2D eigenvalue weighted by atomic mass is 10.2. The molecule has 3 aromatic rings. The second kappa shape index (κ2) is 6.10. The lowest BCUT2D eigenvalue weighted by Gasteiger charge is -2.26. The number of hydrogen-bond acceptors (Lipinski definition) is 6. The molecule has 0 aromatic carbocycles. The smallest absolute Gasteiger partial charge is 0.255 e. The third-order valence-electron chi connectivity index (χ3n) is 3.97. The van der Waals surface area contributed by atoms with Crippen LogP contribution in [-0.2, 0) is 0 Å². The first-order valence-electron chi connectivity index (χ1n) is 7.71. The van der Waals surface area contributed by atoms with Crippen LogP contribution in [0, 0.1) is 6.92 Å². The molecule has 1 fully saturated rings. The van der Waals surface area contributed by atoms with Crippen LogP contribution >= 0.6 is 23.1 Å². The monoisotopic (exact) mass is 359 g/mol. The predicted octanol–water partition coefficient (Wildman–Crippen LogP) is 2.54. The maximum absolute atomic E-state index is 12.7. The second-order valence-corrected chi connectivity index (χ2v) is 8.22. The summed E-state index contributed by atoms with van der Waals surface area (Å²) in [4.78, 5) is 21.3. The van der Waals surface area contributed by atoms with Crippen LogP contribution in [0.15, 0.2) is 24.4 Å². The summed E-state index contributed by atoms with van der Waals surface area (Å²) >= 11 is 3.51. The first kappa shape index (κ1) is 15.5. The van der Waals surface area contributed by atoms with Crippen molar-refractivity contribution in [3.05, 3.63) is 34.8 Å². The van der Waals surface area contributed by atoms with Crippen LogP contribution in [0.25, 0.3) is 16.3 Å². The van der Waals surface area contributed by atoms with Crippen LogP contribution in [0.4, 0.5) is 5.69 Å². The molecule has 0 atom stereocenters. The summed E-state index contributed by atoms with van der Waals surface area (Å²) in [6.07, 6.45) is 1.73. The minimum absolute atomic E-state index is 0.00733. The summed E-state index contributed by atoms with van der Waals surface area (Å²) in [7, 11) is 0. The van der Waals surface area contributed by atoms with Crippen LogP contribution in [0.5, 0.6) is 0 Å². The summed E-state index contributed by atoms with van der Waals surface area (Å²) in [5.74, 6) is 2.61. The van der Waals surface area contributed by atoms with Gasteiger partial charge in [-0.25, -0.2) is 9.50 Å². The third kappa shape index (κ3) is 2.76. The number of anilines is 1. The van der Waals surface area contributed by atoms with Crippen molar-refractivity contribution >= 4 is 40.3 Å². The van der Waals surface area contributed by atoms with E-state index in [2.05, 4.69) is 10.1 Å². The number of nitrogen functional groups attached to an aromatic ring is 1. The van der Waals surface area contributed by atoms with Crippen molar-refractivity contribution in [1.82, 2.24) is 19.5 Å². The molecule has 24 heavy (non-hydrogen) atoms. The van der Waals surface area contributed by atoms with Crippen LogP contribution in [0.2, 0.25) is 0 Å². The van der Waals surface area contributed by atoms with Gasteiger partial charge in [0, 0.05) is 35.7 Å². The fraction of sp³-hybridized carbons (Fsp3) is 0.312. The van der Waals surface area contributed by atoms with E-state index < -0.39 is 0 Å². The van der Waals surface area contributed by atoms with Crippen molar-refractivity contribution < 1.29 is 4.79 Å². The van der Waals surface area contributed by atoms with E-state index in [4.69, 9.17) is 5.73 Å². The summed E-state index contributed by atoms with van der Waals surface area (Å²) in [5, 5.41) is 4.51. The van der Waals surface area contributed by atoms with Gasteiger partial charge in [-0.1, -0.05) is 0 Å². The number of fused-ring (bicyclic) bond motifs is 1. The zero-order chi connectivity index (χ0) is 16.7. The zero-order valence-electron chi connectivity index (χ0n) is 13.2. The molecule has 0 unspecified atom stereocenters. The highest BCUT2D eigenvalue weighted by Gasteiger charge is 2.20. The van der Waals surface area contributed by atoms with Gasteiger partial charge in [-0.3, -0.25) is 4.79 Å². The molecule has 1 aliphatic heterocycles. The Kier molecular flexibility index (Phi) is 3.93. The fourth-order valence-electron chi connectivity index (χ4n) is 2.74. The SMILES string of the molecule is Cc1ccc(-c2nc3c(N)cc(C(=O)N4CCSCC4)cn3n2)s1. The van der Waals surface area contributed by atoms with Crippen molar-refractivity contribution in [3.63, 3.8) is 0 Å². The van der Waals surface area contributed by atoms with Gasteiger partial charge < -0.3 is 10.6 Å². The van der Waals surface area contributed by atoms with E-state index in [1.807, 2.05) is 35.7 Å². The minimum atomic E-state index is 0.00733. The minimum Gasteiger partial charge on any atom is -0.396 e. The second-order valence-electron chi connectivity index (χ2n) is 5.70. The molecule has 124 valence electrons. The number of carbonyl (C=O) groups is 1. The fourth-order valence-corrected chi connectivity index (χ4v) is 4.44. The average Bonchev–Trinajstić information content (AvgIpc) is 3.21. The van der Waals surface area contributed by atoms with Crippen LogP contribution in [-0.4, -0.2) is 50.0 Å². The molecule has 3 aromatic heterocycles.